The fourth-order valence-corrected chi connectivity index (χ4v) is 2.08. The van der Waals surface area contributed by atoms with Crippen molar-refractivity contribution in [2.75, 3.05) is 11.9 Å². The van der Waals surface area contributed by atoms with Crippen LogP contribution in [0.2, 0.25) is 5.02 Å². The summed E-state index contributed by atoms with van der Waals surface area (Å²) in [6.45, 7) is 1.63. The molecule has 0 bridgehead atoms. The van der Waals surface area contributed by atoms with Gasteiger partial charge in [0, 0.05) is 36.2 Å². The Bertz CT molecular complexity index is 570. The van der Waals surface area contributed by atoms with Crippen LogP contribution >= 0.6 is 11.6 Å². The predicted molar refractivity (Wildman–Crippen MR) is 78.4 cm³/mol. The summed E-state index contributed by atoms with van der Waals surface area (Å²) in [6.07, 6.45) is 7.41. The largest absolute Gasteiger partial charge is 0.478 e. The number of imidazole rings is 1. The van der Waals surface area contributed by atoms with Crippen molar-refractivity contribution in [3.63, 3.8) is 0 Å². The van der Waals surface area contributed by atoms with Gasteiger partial charge in [0.1, 0.15) is 0 Å². The van der Waals surface area contributed by atoms with E-state index in [-0.39, 0.29) is 5.56 Å². The Labute approximate surface area is 122 Å². The number of anilines is 1. The fourth-order valence-electron chi connectivity index (χ4n) is 1.91. The Morgan fingerprint density at radius 3 is 2.95 bits per heavy atom. The van der Waals surface area contributed by atoms with Gasteiger partial charge in [-0.05, 0) is 31.0 Å². The summed E-state index contributed by atoms with van der Waals surface area (Å²) in [5, 5.41) is 12.7. The molecule has 0 aliphatic heterocycles. The number of aromatic nitrogens is 2. The van der Waals surface area contributed by atoms with Crippen molar-refractivity contribution in [2.24, 2.45) is 0 Å². The van der Waals surface area contributed by atoms with Crippen molar-refractivity contribution < 1.29 is 9.90 Å². The highest BCUT2D eigenvalue weighted by atomic mass is 35.5. The second-order valence-electron chi connectivity index (χ2n) is 4.43. The van der Waals surface area contributed by atoms with Gasteiger partial charge in [-0.25, -0.2) is 9.78 Å². The monoisotopic (exact) mass is 293 g/mol. The van der Waals surface area contributed by atoms with Crippen LogP contribution in [0.1, 0.15) is 23.2 Å². The van der Waals surface area contributed by atoms with Gasteiger partial charge in [-0.15, -0.1) is 0 Å². The highest BCUT2D eigenvalue weighted by Crippen LogP contribution is 2.20. The van der Waals surface area contributed by atoms with E-state index < -0.39 is 5.97 Å². The summed E-state index contributed by atoms with van der Waals surface area (Å²) in [5.74, 6) is -0.978. The quantitative estimate of drug-likeness (QED) is 0.770. The molecule has 2 aromatic rings. The summed E-state index contributed by atoms with van der Waals surface area (Å²) in [4.78, 5) is 15.1. The number of halogens is 1. The molecule has 0 radical (unpaired) electrons. The maximum atomic E-state index is 11.1. The van der Waals surface area contributed by atoms with Gasteiger partial charge in [0.25, 0.3) is 0 Å². The summed E-state index contributed by atoms with van der Waals surface area (Å²) in [7, 11) is 0. The summed E-state index contributed by atoms with van der Waals surface area (Å²) < 4.78 is 2.02. The standard InChI is InChI=1S/C14H16ClN3O2/c15-11-3-4-13(12(9-11)14(19)20)17-5-1-2-7-18-8-6-16-10-18/h3-4,6,8-10,17H,1-2,5,7H2,(H,19,20). The number of benzene rings is 1. The number of nitrogens with one attached hydrogen (secondary N) is 1. The van der Waals surface area contributed by atoms with Crippen LogP contribution in [0.25, 0.3) is 0 Å². The molecule has 0 amide bonds. The van der Waals surface area contributed by atoms with Crippen molar-refractivity contribution in [3.8, 4) is 0 Å². The Balaban J connectivity index is 1.80. The van der Waals surface area contributed by atoms with Gasteiger partial charge in [0.15, 0.2) is 0 Å². The predicted octanol–water partition coefficient (Wildman–Crippen LogP) is 3.13. The van der Waals surface area contributed by atoms with E-state index in [1.54, 1.807) is 24.7 Å². The zero-order valence-electron chi connectivity index (χ0n) is 10.9. The van der Waals surface area contributed by atoms with Gasteiger partial charge in [-0.2, -0.15) is 0 Å². The molecule has 1 aromatic carbocycles. The Morgan fingerprint density at radius 2 is 2.25 bits per heavy atom. The molecule has 0 atom stereocenters. The first-order chi connectivity index (χ1) is 9.66. The van der Waals surface area contributed by atoms with Crippen LogP contribution in [0.15, 0.2) is 36.9 Å². The molecule has 0 saturated carbocycles. The molecule has 0 saturated heterocycles. The van der Waals surface area contributed by atoms with Crippen molar-refractivity contribution in [1.82, 2.24) is 9.55 Å². The highest BCUT2D eigenvalue weighted by Gasteiger charge is 2.09. The second-order valence-corrected chi connectivity index (χ2v) is 4.87. The molecule has 106 valence electrons. The number of hydrogen-bond acceptors (Lipinski definition) is 3. The van der Waals surface area contributed by atoms with Crippen LogP contribution in [0.4, 0.5) is 5.69 Å². The number of unbranched alkanes of at least 4 members (excludes halogenated alkanes) is 1. The third-order valence-electron chi connectivity index (χ3n) is 2.93. The molecule has 0 spiro atoms. The zero-order valence-corrected chi connectivity index (χ0v) is 11.7. The molecule has 0 unspecified atom stereocenters. The first kappa shape index (κ1) is 14.4. The van der Waals surface area contributed by atoms with Crippen molar-refractivity contribution in [3.05, 3.63) is 47.5 Å². The molecule has 1 heterocycles. The number of rotatable bonds is 7. The SMILES string of the molecule is O=C(O)c1cc(Cl)ccc1NCCCCn1ccnc1. The van der Waals surface area contributed by atoms with E-state index in [0.717, 1.165) is 25.9 Å². The molecular weight excluding hydrogens is 278 g/mol. The molecule has 1 aromatic heterocycles. The van der Waals surface area contributed by atoms with Crippen molar-refractivity contribution in [1.29, 1.82) is 0 Å². The van der Waals surface area contributed by atoms with E-state index >= 15 is 0 Å². The van der Waals surface area contributed by atoms with E-state index in [9.17, 15) is 4.79 Å². The number of nitrogens with zero attached hydrogens (tertiary/aromatic N) is 2. The van der Waals surface area contributed by atoms with Gasteiger partial charge in [0.2, 0.25) is 0 Å². The Hall–Kier alpha value is -2.01. The van der Waals surface area contributed by atoms with Crippen LogP contribution in [0.5, 0.6) is 0 Å². The van der Waals surface area contributed by atoms with Crippen LogP contribution in [-0.4, -0.2) is 27.2 Å². The van der Waals surface area contributed by atoms with Crippen molar-refractivity contribution >= 4 is 23.3 Å². The minimum absolute atomic E-state index is 0.201. The first-order valence-corrected chi connectivity index (χ1v) is 6.77. The first-order valence-electron chi connectivity index (χ1n) is 6.39. The second kappa shape index (κ2) is 6.96. The van der Waals surface area contributed by atoms with E-state index in [2.05, 4.69) is 10.3 Å². The minimum Gasteiger partial charge on any atom is -0.478 e. The van der Waals surface area contributed by atoms with E-state index in [4.69, 9.17) is 16.7 Å². The lowest BCUT2D eigenvalue weighted by Crippen LogP contribution is -2.08. The van der Waals surface area contributed by atoms with Crippen LogP contribution in [0, 0.1) is 0 Å². The van der Waals surface area contributed by atoms with Crippen LogP contribution < -0.4 is 5.32 Å². The molecule has 5 nitrogen and oxygen atoms in total. The normalized spacial score (nSPS) is 10.4. The highest BCUT2D eigenvalue weighted by molar-refractivity contribution is 6.31. The Morgan fingerprint density at radius 1 is 1.40 bits per heavy atom. The molecule has 2 N–H and O–H groups in total. The lowest BCUT2D eigenvalue weighted by atomic mass is 10.1. The zero-order chi connectivity index (χ0) is 14.4. The number of carboxylic acids is 1. The third-order valence-corrected chi connectivity index (χ3v) is 3.16. The van der Waals surface area contributed by atoms with Gasteiger partial charge in [0.05, 0.1) is 11.9 Å². The van der Waals surface area contributed by atoms with Gasteiger partial charge < -0.3 is 15.0 Å². The number of carbonyl (C=O) groups is 1. The van der Waals surface area contributed by atoms with Crippen LogP contribution in [0.3, 0.4) is 0 Å². The van der Waals surface area contributed by atoms with Crippen LogP contribution in [-0.2, 0) is 6.54 Å². The van der Waals surface area contributed by atoms with Crippen molar-refractivity contribution in [2.45, 2.75) is 19.4 Å². The molecule has 0 aliphatic rings. The average Bonchev–Trinajstić information content (AvgIpc) is 2.92. The minimum atomic E-state index is -0.978. The van der Waals surface area contributed by atoms with E-state index in [1.165, 1.54) is 6.07 Å². The number of aromatic carboxylic acids is 1. The topological polar surface area (TPSA) is 67.2 Å². The summed E-state index contributed by atoms with van der Waals surface area (Å²) in [6, 6.07) is 4.83. The van der Waals surface area contributed by atoms with Gasteiger partial charge >= 0.3 is 5.97 Å². The molecular formula is C14H16ClN3O2. The third kappa shape index (κ3) is 3.99. The summed E-state index contributed by atoms with van der Waals surface area (Å²) >= 11 is 5.80. The van der Waals surface area contributed by atoms with E-state index in [1.807, 2.05) is 10.8 Å². The number of aryl methyl sites for hydroxylation is 1. The van der Waals surface area contributed by atoms with Gasteiger partial charge in [-0.3, -0.25) is 0 Å². The maximum Gasteiger partial charge on any atom is 0.337 e. The lowest BCUT2D eigenvalue weighted by molar-refractivity contribution is 0.0698. The van der Waals surface area contributed by atoms with Gasteiger partial charge in [-0.1, -0.05) is 11.6 Å². The average molecular weight is 294 g/mol. The smallest absolute Gasteiger partial charge is 0.337 e. The molecule has 6 heteroatoms. The maximum absolute atomic E-state index is 11.1. The summed E-state index contributed by atoms with van der Waals surface area (Å²) in [5.41, 5.74) is 0.802. The fraction of sp³-hybridized carbons (Fsp3) is 0.286. The molecule has 0 aliphatic carbocycles. The molecule has 2 rings (SSSR count). The number of carboxylic acid groups (broad SMARTS) is 1. The molecule has 20 heavy (non-hydrogen) atoms. The lowest BCUT2D eigenvalue weighted by Gasteiger charge is -2.10. The Kier molecular flexibility index (Phi) is 5.01. The molecule has 0 fully saturated rings. The number of hydrogen-bond donors (Lipinski definition) is 2. The van der Waals surface area contributed by atoms with E-state index in [0.29, 0.717) is 10.7 Å².